The molecule has 116 valence electrons. The molecule has 0 aliphatic carbocycles. The first kappa shape index (κ1) is 13.9. The minimum atomic E-state index is -0.522. The van der Waals surface area contributed by atoms with Gasteiger partial charge in [0.1, 0.15) is 5.82 Å². The summed E-state index contributed by atoms with van der Waals surface area (Å²) in [5, 5.41) is 10.5. The average Bonchev–Trinajstić information content (AvgIpc) is 2.98. The molecule has 2 heterocycles. The van der Waals surface area contributed by atoms with E-state index in [1.165, 1.54) is 16.3 Å². The van der Waals surface area contributed by atoms with Gasteiger partial charge in [-0.15, -0.1) is 10.2 Å². The van der Waals surface area contributed by atoms with E-state index in [9.17, 15) is 4.79 Å². The quantitative estimate of drug-likeness (QED) is 0.796. The van der Waals surface area contributed by atoms with Gasteiger partial charge >= 0.3 is 0 Å². The maximum atomic E-state index is 11.3. The summed E-state index contributed by atoms with van der Waals surface area (Å²) in [4.78, 5) is 13.6. The van der Waals surface area contributed by atoms with Gasteiger partial charge in [-0.3, -0.25) is 9.69 Å². The lowest BCUT2D eigenvalue weighted by molar-refractivity contribution is 0.0981. The van der Waals surface area contributed by atoms with Crippen molar-refractivity contribution in [3.05, 3.63) is 59.7 Å². The summed E-state index contributed by atoms with van der Waals surface area (Å²) in [6, 6.07) is 14.9. The Morgan fingerprint density at radius 3 is 2.74 bits per heavy atom. The van der Waals surface area contributed by atoms with Crippen molar-refractivity contribution >= 4 is 16.7 Å². The normalized spacial score (nSPS) is 14.8. The van der Waals surface area contributed by atoms with Gasteiger partial charge in [0.05, 0.1) is 6.54 Å². The van der Waals surface area contributed by atoms with Crippen LogP contribution in [0.1, 0.15) is 22.0 Å². The Balaban J connectivity index is 1.54. The summed E-state index contributed by atoms with van der Waals surface area (Å²) < 4.78 is 1.82. The van der Waals surface area contributed by atoms with Gasteiger partial charge in [0.2, 0.25) is 5.82 Å². The second-order valence-electron chi connectivity index (χ2n) is 5.85. The van der Waals surface area contributed by atoms with Gasteiger partial charge in [0.25, 0.3) is 5.91 Å². The van der Waals surface area contributed by atoms with E-state index >= 15 is 0 Å². The van der Waals surface area contributed by atoms with Crippen molar-refractivity contribution < 1.29 is 4.79 Å². The molecule has 23 heavy (non-hydrogen) atoms. The topological polar surface area (TPSA) is 77.0 Å². The van der Waals surface area contributed by atoms with E-state index in [2.05, 4.69) is 57.6 Å². The molecule has 0 fully saturated rings. The highest BCUT2D eigenvalue weighted by molar-refractivity contribution is 5.89. The maximum Gasteiger partial charge on any atom is 0.286 e. The fourth-order valence-electron chi connectivity index (χ4n) is 3.12. The summed E-state index contributed by atoms with van der Waals surface area (Å²) in [7, 11) is 0. The second-order valence-corrected chi connectivity index (χ2v) is 5.85. The molecule has 1 aromatic heterocycles. The third-order valence-electron chi connectivity index (χ3n) is 4.27. The van der Waals surface area contributed by atoms with Crippen LogP contribution in [0, 0.1) is 0 Å². The Labute approximate surface area is 133 Å². The van der Waals surface area contributed by atoms with E-state index in [0.29, 0.717) is 13.1 Å². The van der Waals surface area contributed by atoms with Gasteiger partial charge in [-0.05, 0) is 22.4 Å². The minimum absolute atomic E-state index is 0.255. The first-order valence-electron chi connectivity index (χ1n) is 7.62. The molecule has 2 aromatic carbocycles. The van der Waals surface area contributed by atoms with Crippen LogP contribution in [-0.4, -0.2) is 32.1 Å². The average molecular weight is 307 g/mol. The molecule has 4 rings (SSSR count). The van der Waals surface area contributed by atoms with Gasteiger partial charge in [-0.1, -0.05) is 36.4 Å². The van der Waals surface area contributed by atoms with Gasteiger partial charge in [-0.25, -0.2) is 0 Å². The van der Waals surface area contributed by atoms with E-state index in [0.717, 1.165) is 18.9 Å². The largest absolute Gasteiger partial charge is 0.363 e. The summed E-state index contributed by atoms with van der Waals surface area (Å²) in [6.45, 7) is 3.06. The lowest BCUT2D eigenvalue weighted by Crippen LogP contribution is -2.35. The third-order valence-corrected chi connectivity index (χ3v) is 4.27. The zero-order valence-corrected chi connectivity index (χ0v) is 12.6. The molecule has 0 bridgehead atoms. The minimum Gasteiger partial charge on any atom is -0.363 e. The molecule has 1 amide bonds. The van der Waals surface area contributed by atoms with Crippen LogP contribution in [0.15, 0.2) is 42.5 Å². The van der Waals surface area contributed by atoms with Crippen molar-refractivity contribution in [1.82, 2.24) is 19.7 Å². The van der Waals surface area contributed by atoms with Crippen LogP contribution in [0.2, 0.25) is 0 Å². The Morgan fingerprint density at radius 1 is 1.09 bits per heavy atom. The van der Waals surface area contributed by atoms with Crippen molar-refractivity contribution in [2.45, 2.75) is 19.6 Å². The van der Waals surface area contributed by atoms with E-state index in [1.54, 1.807) is 0 Å². The highest BCUT2D eigenvalue weighted by Gasteiger charge is 2.23. The molecule has 0 saturated carbocycles. The molecular formula is C17H17N5O. The zero-order valence-electron chi connectivity index (χ0n) is 12.6. The number of hydrogen-bond donors (Lipinski definition) is 1. The molecule has 0 unspecified atom stereocenters. The lowest BCUT2D eigenvalue weighted by atomic mass is 10.1. The fourth-order valence-corrected chi connectivity index (χ4v) is 3.12. The fraction of sp³-hybridized carbons (Fsp3) is 0.235. The number of carbonyl (C=O) groups is 1. The van der Waals surface area contributed by atoms with Crippen LogP contribution in [0.25, 0.3) is 10.8 Å². The van der Waals surface area contributed by atoms with Gasteiger partial charge in [0, 0.05) is 19.6 Å². The number of hydrogen-bond acceptors (Lipinski definition) is 4. The highest BCUT2D eigenvalue weighted by atomic mass is 16.1. The van der Waals surface area contributed by atoms with Crippen LogP contribution in [0.4, 0.5) is 0 Å². The predicted molar refractivity (Wildman–Crippen MR) is 86.6 cm³/mol. The van der Waals surface area contributed by atoms with Crippen LogP contribution in [0.3, 0.4) is 0 Å². The van der Waals surface area contributed by atoms with Crippen molar-refractivity contribution in [1.29, 1.82) is 0 Å². The van der Waals surface area contributed by atoms with E-state index in [-0.39, 0.29) is 5.82 Å². The van der Waals surface area contributed by atoms with E-state index in [1.807, 2.05) is 4.57 Å². The highest BCUT2D eigenvalue weighted by Crippen LogP contribution is 2.19. The van der Waals surface area contributed by atoms with Crippen LogP contribution < -0.4 is 5.73 Å². The number of amides is 1. The van der Waals surface area contributed by atoms with Gasteiger partial charge in [0.15, 0.2) is 0 Å². The summed E-state index contributed by atoms with van der Waals surface area (Å²) in [6.07, 6.45) is 0. The summed E-state index contributed by atoms with van der Waals surface area (Å²) in [5.41, 5.74) is 6.59. The third kappa shape index (κ3) is 2.57. The molecule has 0 radical (unpaired) electrons. The van der Waals surface area contributed by atoms with Crippen molar-refractivity contribution in [3.63, 3.8) is 0 Å². The van der Waals surface area contributed by atoms with E-state index < -0.39 is 5.91 Å². The number of rotatable bonds is 3. The number of nitrogens with zero attached hydrogens (tertiary/aromatic N) is 4. The van der Waals surface area contributed by atoms with Gasteiger partial charge < -0.3 is 10.3 Å². The number of aromatic nitrogens is 3. The number of fused-ring (bicyclic) bond motifs is 2. The Bertz CT molecular complexity index is 886. The molecule has 2 N–H and O–H groups in total. The zero-order chi connectivity index (χ0) is 15.8. The molecule has 1 aliphatic rings. The molecule has 6 heteroatoms. The number of primary amides is 1. The first-order chi connectivity index (χ1) is 11.2. The van der Waals surface area contributed by atoms with Crippen LogP contribution in [0.5, 0.6) is 0 Å². The van der Waals surface area contributed by atoms with Crippen molar-refractivity contribution in [2.24, 2.45) is 5.73 Å². The Kier molecular flexibility index (Phi) is 3.31. The monoisotopic (exact) mass is 307 g/mol. The predicted octanol–water partition coefficient (Wildman–Crippen LogP) is 1.55. The second kappa shape index (κ2) is 5.48. The smallest absolute Gasteiger partial charge is 0.286 e. The number of carbonyl (C=O) groups excluding carboxylic acids is 1. The summed E-state index contributed by atoms with van der Waals surface area (Å²) in [5.74, 6) is 0.530. The lowest BCUT2D eigenvalue weighted by Gasteiger charge is -2.27. The number of benzene rings is 2. The maximum absolute atomic E-state index is 11.3. The first-order valence-corrected chi connectivity index (χ1v) is 7.62. The van der Waals surface area contributed by atoms with Crippen molar-refractivity contribution in [2.75, 3.05) is 6.54 Å². The molecule has 0 atom stereocenters. The molecule has 6 nitrogen and oxygen atoms in total. The van der Waals surface area contributed by atoms with Crippen molar-refractivity contribution in [3.8, 4) is 0 Å². The summed E-state index contributed by atoms with van der Waals surface area (Å²) >= 11 is 0. The van der Waals surface area contributed by atoms with Crippen LogP contribution in [-0.2, 0) is 19.6 Å². The Morgan fingerprint density at radius 2 is 1.91 bits per heavy atom. The standard InChI is InChI=1S/C17H17N5O/c18-16(23)17-20-19-15-11-21(7-8-22(15)17)10-12-5-6-13-3-1-2-4-14(13)9-12/h1-6,9H,7-8,10-11H2,(H2,18,23). The SMILES string of the molecule is NC(=O)c1nnc2n1CCN(Cc1ccc3ccccc3c1)C2. The molecule has 3 aromatic rings. The Hall–Kier alpha value is -2.73. The molecule has 0 spiro atoms. The number of nitrogens with two attached hydrogens (primary N) is 1. The molecule has 0 saturated heterocycles. The molecule has 1 aliphatic heterocycles. The van der Waals surface area contributed by atoms with Crippen LogP contribution >= 0.6 is 0 Å². The molecular weight excluding hydrogens is 290 g/mol. The van der Waals surface area contributed by atoms with Gasteiger partial charge in [-0.2, -0.15) is 0 Å². The van der Waals surface area contributed by atoms with E-state index in [4.69, 9.17) is 5.73 Å².